The fraction of sp³-hybridized carbons (Fsp3) is 0.353. The standard InChI is InChI=1S/C33H38P.CO.Rh/c1-24(2)29-19-18-25(3)22-32(29)33-23-26(30-16-10-11-17-31(30)33)20-21-34(27-12-6-4-7-13-27)28-14-8-5-9-15-28;1-2;/h4-17,23-25,29,32H,18-22H2,1-3H3;;/t25-,29-,32-;;/m1../s1. The first-order valence-corrected chi connectivity index (χ1v) is 14.9. The minimum Gasteiger partial charge on any atom is 0 e. The Balaban J connectivity index is 0.00000124. The Morgan fingerprint density at radius 2 is 1.43 bits per heavy atom. The Morgan fingerprint density at radius 3 is 2.00 bits per heavy atom. The Labute approximate surface area is 239 Å². The van der Waals surface area contributed by atoms with E-state index in [4.69, 9.17) is 4.65 Å². The van der Waals surface area contributed by atoms with Crippen molar-refractivity contribution in [1.82, 2.24) is 0 Å². The molecule has 37 heavy (non-hydrogen) atoms. The molecule has 3 heteroatoms. The SMILES string of the molecule is CC(C)[C@H]1CC[C@@H](C)C[C@H]1[C]1[CH][C](CCP(c2ccccc2)c2ccccc2)[C]2C=CC=C[C]21.[C-]#[O+].[Rh]. The van der Waals surface area contributed by atoms with Crippen LogP contribution in [-0.2, 0) is 24.1 Å². The summed E-state index contributed by atoms with van der Waals surface area (Å²) in [5.74, 6) is 9.30. The van der Waals surface area contributed by atoms with Gasteiger partial charge in [0.15, 0.2) is 0 Å². The third kappa shape index (κ3) is 7.22. The molecule has 2 aromatic rings. The van der Waals surface area contributed by atoms with Gasteiger partial charge >= 0.3 is 11.3 Å². The van der Waals surface area contributed by atoms with Gasteiger partial charge in [0.2, 0.25) is 0 Å². The van der Waals surface area contributed by atoms with E-state index >= 15 is 0 Å². The van der Waals surface area contributed by atoms with Gasteiger partial charge in [0, 0.05) is 31.3 Å². The molecule has 0 aromatic heterocycles. The fourth-order valence-electron chi connectivity index (χ4n) is 6.29. The zero-order valence-electron chi connectivity index (χ0n) is 22.2. The van der Waals surface area contributed by atoms with E-state index in [1.165, 1.54) is 47.9 Å². The monoisotopic (exact) mass is 596 g/mol. The summed E-state index contributed by atoms with van der Waals surface area (Å²) in [7, 11) is -0.361. The van der Waals surface area contributed by atoms with Gasteiger partial charge in [-0.05, 0) is 85.9 Å². The Morgan fingerprint density at radius 1 is 0.865 bits per heavy atom. The first kappa shape index (κ1) is 30.3. The van der Waals surface area contributed by atoms with Crippen molar-refractivity contribution in [3.8, 4) is 0 Å². The molecule has 0 amide bonds. The second-order valence-electron chi connectivity index (χ2n) is 10.7. The molecule has 0 aliphatic heterocycles. The molecule has 5 rings (SSSR count). The van der Waals surface area contributed by atoms with Crippen LogP contribution in [0.15, 0.2) is 85.0 Å². The van der Waals surface area contributed by atoms with Crippen LogP contribution in [0.3, 0.4) is 0 Å². The van der Waals surface area contributed by atoms with Gasteiger partial charge in [0.25, 0.3) is 0 Å². The predicted octanol–water partition coefficient (Wildman–Crippen LogP) is 7.82. The van der Waals surface area contributed by atoms with E-state index in [9.17, 15) is 0 Å². The molecule has 3 atom stereocenters. The molecule has 1 nitrogen and oxygen atoms in total. The number of rotatable bonds is 7. The maximum absolute atomic E-state index is 7.50. The second-order valence-corrected chi connectivity index (χ2v) is 13.0. The quantitative estimate of drug-likeness (QED) is 0.135. The van der Waals surface area contributed by atoms with Crippen molar-refractivity contribution in [2.75, 3.05) is 6.16 Å². The first-order valence-electron chi connectivity index (χ1n) is 13.4. The molecule has 2 saturated carbocycles. The number of hydrogen-bond donors (Lipinski definition) is 0. The second kappa shape index (κ2) is 14.8. The Bertz CT molecular complexity index is 974. The van der Waals surface area contributed by atoms with Crippen molar-refractivity contribution in [3.63, 3.8) is 0 Å². The largest absolute Gasteiger partial charge is 0 e. The minimum absolute atomic E-state index is 0. The van der Waals surface area contributed by atoms with Crippen LogP contribution in [-0.4, -0.2) is 6.16 Å². The van der Waals surface area contributed by atoms with Crippen molar-refractivity contribution >= 4 is 18.5 Å². The van der Waals surface area contributed by atoms with Crippen LogP contribution in [0.1, 0.15) is 46.5 Å². The predicted molar refractivity (Wildman–Crippen MR) is 153 cm³/mol. The number of allylic oxidation sites excluding steroid dienone is 4. The van der Waals surface area contributed by atoms with Crippen LogP contribution >= 0.6 is 7.92 Å². The van der Waals surface area contributed by atoms with Crippen LogP contribution in [0.2, 0.25) is 0 Å². The molecule has 3 aliphatic rings. The summed E-state index contributed by atoms with van der Waals surface area (Å²) in [6, 6.07) is 22.3. The van der Waals surface area contributed by atoms with Gasteiger partial charge in [-0.2, -0.15) is 0 Å². The zero-order valence-corrected chi connectivity index (χ0v) is 24.7. The van der Waals surface area contributed by atoms with Gasteiger partial charge in [-0.15, -0.1) is 0 Å². The third-order valence-electron chi connectivity index (χ3n) is 8.08. The normalized spacial score (nSPS) is 24.5. The average molecular weight is 597 g/mol. The van der Waals surface area contributed by atoms with E-state index in [0.717, 1.165) is 24.2 Å². The van der Waals surface area contributed by atoms with Gasteiger partial charge in [-0.1, -0.05) is 112 Å². The van der Waals surface area contributed by atoms with Gasteiger partial charge in [0.05, 0.1) is 0 Å². The average Bonchev–Trinajstić information content (AvgIpc) is 3.29. The molecular formula is C34H38OPRh. The zero-order chi connectivity index (χ0) is 25.5. The topological polar surface area (TPSA) is 19.9 Å². The maximum Gasteiger partial charge on any atom is 0 e. The number of fused-ring (bicyclic) bond motifs is 1. The van der Waals surface area contributed by atoms with E-state index in [1.807, 2.05) is 0 Å². The molecule has 3 aliphatic carbocycles. The van der Waals surface area contributed by atoms with Crippen molar-refractivity contribution < 1.29 is 24.1 Å². The summed E-state index contributed by atoms with van der Waals surface area (Å²) in [4.78, 5) is 0. The number of benzene rings is 2. The van der Waals surface area contributed by atoms with Gasteiger partial charge in [-0.25, -0.2) is 0 Å². The van der Waals surface area contributed by atoms with E-state index in [-0.39, 0.29) is 27.4 Å². The molecular weight excluding hydrogens is 558 g/mol. The van der Waals surface area contributed by atoms with Crippen molar-refractivity contribution in [1.29, 1.82) is 0 Å². The molecule has 0 spiro atoms. The molecule has 0 heterocycles. The molecule has 2 fully saturated rings. The first-order chi connectivity index (χ1) is 17.6. The Kier molecular flexibility index (Phi) is 12.1. The summed E-state index contributed by atoms with van der Waals surface area (Å²) < 4.78 is 7.50. The van der Waals surface area contributed by atoms with E-state index in [2.05, 4.69) is 119 Å². The van der Waals surface area contributed by atoms with Crippen LogP contribution in [0.5, 0.6) is 0 Å². The molecule has 0 bridgehead atoms. The summed E-state index contributed by atoms with van der Waals surface area (Å²) in [5, 5.41) is 2.97. The van der Waals surface area contributed by atoms with Crippen LogP contribution in [0.25, 0.3) is 0 Å². The summed E-state index contributed by atoms with van der Waals surface area (Å²) in [6.07, 6.45) is 18.3. The summed E-state index contributed by atoms with van der Waals surface area (Å²) in [5.41, 5.74) is 0. The van der Waals surface area contributed by atoms with Crippen molar-refractivity contribution in [2.45, 2.75) is 46.5 Å². The van der Waals surface area contributed by atoms with E-state index in [0.29, 0.717) is 5.92 Å². The Hall–Kier alpha value is -1.29. The van der Waals surface area contributed by atoms with Gasteiger partial charge in [0.1, 0.15) is 0 Å². The fourth-order valence-corrected chi connectivity index (χ4v) is 8.63. The number of hydrogen-bond acceptors (Lipinski definition) is 0. The smallest absolute Gasteiger partial charge is 0 e. The minimum atomic E-state index is -0.361. The summed E-state index contributed by atoms with van der Waals surface area (Å²) >= 11 is 0. The molecule has 0 N–H and O–H groups in total. The molecule has 0 unspecified atom stereocenters. The van der Waals surface area contributed by atoms with Crippen LogP contribution in [0, 0.1) is 60.4 Å². The molecule has 194 valence electrons. The van der Waals surface area contributed by atoms with Crippen molar-refractivity contribution in [2.24, 2.45) is 23.7 Å². The van der Waals surface area contributed by atoms with E-state index < -0.39 is 0 Å². The molecule has 2 aromatic carbocycles. The van der Waals surface area contributed by atoms with Crippen LogP contribution < -0.4 is 10.6 Å². The maximum atomic E-state index is 7.50. The van der Waals surface area contributed by atoms with Crippen molar-refractivity contribution in [3.05, 3.63) is 122 Å². The van der Waals surface area contributed by atoms with Gasteiger partial charge < -0.3 is 0 Å². The molecule has 6 radical (unpaired) electrons. The van der Waals surface area contributed by atoms with Gasteiger partial charge in [-0.3, -0.25) is 0 Å². The molecule has 0 saturated heterocycles. The summed E-state index contributed by atoms with van der Waals surface area (Å²) in [6.45, 7) is 11.8. The van der Waals surface area contributed by atoms with Crippen LogP contribution in [0.4, 0.5) is 0 Å². The third-order valence-corrected chi connectivity index (χ3v) is 10.6. The van der Waals surface area contributed by atoms with E-state index in [1.54, 1.807) is 11.8 Å².